The maximum absolute atomic E-state index is 14.2. The van der Waals surface area contributed by atoms with E-state index in [-0.39, 0.29) is 17.6 Å². The molecule has 3 N–H and O–H groups in total. The van der Waals surface area contributed by atoms with Crippen LogP contribution in [0.5, 0.6) is 5.75 Å². The van der Waals surface area contributed by atoms with Crippen molar-refractivity contribution in [3.05, 3.63) is 62.8 Å². The van der Waals surface area contributed by atoms with Crippen molar-refractivity contribution in [3.63, 3.8) is 0 Å². The molecule has 3 nitrogen and oxygen atoms in total. The van der Waals surface area contributed by atoms with Gasteiger partial charge in [-0.25, -0.2) is 4.39 Å². The van der Waals surface area contributed by atoms with E-state index in [1.54, 1.807) is 24.3 Å². The molecule has 112 valence electrons. The van der Waals surface area contributed by atoms with E-state index in [2.05, 4.69) is 21.4 Å². The third-order valence-electron chi connectivity index (χ3n) is 3.22. The number of methoxy groups -OCH3 is 1. The Balaban J connectivity index is 2.33. The summed E-state index contributed by atoms with van der Waals surface area (Å²) in [7, 11) is 1.44. The van der Waals surface area contributed by atoms with Gasteiger partial charge in [0.05, 0.1) is 13.2 Å². The standard InChI is InChI=1S/C15H15BrClFN2O/c1-21-14-4-2-3-9(15(14)18)7-13(20-19)11-8-10(16)5-6-12(11)17/h2-6,8,13,20H,7,19H2,1H3. The molecule has 0 heterocycles. The molecule has 0 fully saturated rings. The van der Waals surface area contributed by atoms with Crippen molar-refractivity contribution in [3.8, 4) is 5.75 Å². The van der Waals surface area contributed by atoms with Gasteiger partial charge in [0.2, 0.25) is 0 Å². The molecule has 1 unspecified atom stereocenters. The van der Waals surface area contributed by atoms with Crippen LogP contribution in [0.2, 0.25) is 5.02 Å². The van der Waals surface area contributed by atoms with Gasteiger partial charge in [-0.3, -0.25) is 11.3 Å². The van der Waals surface area contributed by atoms with Crippen LogP contribution in [-0.4, -0.2) is 7.11 Å². The zero-order chi connectivity index (χ0) is 15.4. The van der Waals surface area contributed by atoms with Gasteiger partial charge < -0.3 is 4.74 Å². The molecule has 0 saturated carbocycles. The summed E-state index contributed by atoms with van der Waals surface area (Å²) in [5.41, 5.74) is 4.00. The van der Waals surface area contributed by atoms with Crippen LogP contribution in [0.15, 0.2) is 40.9 Å². The topological polar surface area (TPSA) is 47.3 Å². The molecule has 0 aliphatic rings. The van der Waals surface area contributed by atoms with Gasteiger partial charge >= 0.3 is 0 Å². The van der Waals surface area contributed by atoms with Crippen LogP contribution in [0, 0.1) is 5.82 Å². The second-order valence-corrected chi connectivity index (χ2v) is 5.85. The molecule has 2 aromatic rings. The molecule has 0 aliphatic carbocycles. The molecule has 1 atom stereocenters. The number of nitrogens with one attached hydrogen (secondary N) is 1. The SMILES string of the molecule is COc1cccc(CC(NN)c2cc(Br)ccc2Cl)c1F. The van der Waals surface area contributed by atoms with Gasteiger partial charge in [-0.05, 0) is 41.8 Å². The Morgan fingerprint density at radius 1 is 1.38 bits per heavy atom. The molecule has 2 aromatic carbocycles. The lowest BCUT2D eigenvalue weighted by molar-refractivity contribution is 0.382. The third kappa shape index (κ3) is 3.74. The quantitative estimate of drug-likeness (QED) is 0.615. The lowest BCUT2D eigenvalue weighted by Crippen LogP contribution is -2.30. The molecule has 0 aliphatic heterocycles. The largest absolute Gasteiger partial charge is 0.494 e. The Hall–Kier alpha value is -1.14. The summed E-state index contributed by atoms with van der Waals surface area (Å²) in [5.74, 6) is 5.44. The Bertz CT molecular complexity index is 639. The van der Waals surface area contributed by atoms with E-state index in [1.807, 2.05) is 12.1 Å². The fourth-order valence-electron chi connectivity index (χ4n) is 2.13. The molecular formula is C15H15BrClFN2O. The van der Waals surface area contributed by atoms with Gasteiger partial charge in [0.15, 0.2) is 11.6 Å². The minimum atomic E-state index is -0.383. The zero-order valence-corrected chi connectivity index (χ0v) is 13.7. The van der Waals surface area contributed by atoms with Gasteiger partial charge in [0, 0.05) is 9.50 Å². The van der Waals surface area contributed by atoms with Crippen LogP contribution >= 0.6 is 27.5 Å². The molecule has 0 radical (unpaired) electrons. The molecule has 0 aromatic heterocycles. The van der Waals surface area contributed by atoms with Gasteiger partial charge in [-0.2, -0.15) is 0 Å². The first-order chi connectivity index (χ1) is 10.1. The number of benzene rings is 2. The fraction of sp³-hybridized carbons (Fsp3) is 0.200. The molecular weight excluding hydrogens is 359 g/mol. The van der Waals surface area contributed by atoms with E-state index in [0.29, 0.717) is 17.0 Å². The van der Waals surface area contributed by atoms with Crippen LogP contribution in [0.1, 0.15) is 17.2 Å². The number of rotatable bonds is 5. The normalized spacial score (nSPS) is 12.2. The summed E-state index contributed by atoms with van der Waals surface area (Å²) >= 11 is 9.59. The second kappa shape index (κ2) is 7.22. The number of hydrogen-bond donors (Lipinski definition) is 2. The Kier molecular flexibility index (Phi) is 5.58. The maximum atomic E-state index is 14.2. The van der Waals surface area contributed by atoms with Crippen molar-refractivity contribution >= 4 is 27.5 Å². The van der Waals surface area contributed by atoms with E-state index in [0.717, 1.165) is 10.0 Å². The molecule has 2 rings (SSSR count). The van der Waals surface area contributed by atoms with Gasteiger partial charge in [0.1, 0.15) is 0 Å². The van der Waals surface area contributed by atoms with E-state index in [1.165, 1.54) is 7.11 Å². The first-order valence-corrected chi connectivity index (χ1v) is 7.46. The first-order valence-electron chi connectivity index (χ1n) is 6.29. The minimum absolute atomic E-state index is 0.212. The van der Waals surface area contributed by atoms with Crippen LogP contribution in [-0.2, 0) is 6.42 Å². The molecule has 6 heteroatoms. The van der Waals surface area contributed by atoms with Gasteiger partial charge in [0.25, 0.3) is 0 Å². The highest BCUT2D eigenvalue weighted by molar-refractivity contribution is 9.10. The molecule has 0 bridgehead atoms. The van der Waals surface area contributed by atoms with Crippen LogP contribution in [0.4, 0.5) is 4.39 Å². The summed E-state index contributed by atoms with van der Waals surface area (Å²) in [6.45, 7) is 0. The average molecular weight is 374 g/mol. The van der Waals surface area contributed by atoms with Crippen molar-refractivity contribution in [2.75, 3.05) is 7.11 Å². The predicted octanol–water partition coefficient (Wildman–Crippen LogP) is 4.00. The summed E-state index contributed by atoms with van der Waals surface area (Å²) in [6, 6.07) is 10.2. The molecule has 0 saturated heterocycles. The molecule has 0 spiro atoms. The number of hydrogen-bond acceptors (Lipinski definition) is 3. The number of nitrogens with two attached hydrogens (primary N) is 1. The van der Waals surface area contributed by atoms with Gasteiger partial charge in [-0.15, -0.1) is 0 Å². The lowest BCUT2D eigenvalue weighted by Gasteiger charge is -2.19. The fourth-order valence-corrected chi connectivity index (χ4v) is 2.76. The molecule has 21 heavy (non-hydrogen) atoms. The van der Waals surface area contributed by atoms with Crippen LogP contribution in [0.25, 0.3) is 0 Å². The van der Waals surface area contributed by atoms with Crippen molar-refractivity contribution in [1.82, 2.24) is 5.43 Å². The summed E-state index contributed by atoms with van der Waals surface area (Å²) in [4.78, 5) is 0. The monoisotopic (exact) mass is 372 g/mol. The van der Waals surface area contributed by atoms with E-state index in [9.17, 15) is 4.39 Å². The number of halogens is 3. The second-order valence-electron chi connectivity index (χ2n) is 4.52. The Morgan fingerprint density at radius 3 is 2.81 bits per heavy atom. The zero-order valence-electron chi connectivity index (χ0n) is 11.4. The smallest absolute Gasteiger partial charge is 0.168 e. The highest BCUT2D eigenvalue weighted by atomic mass is 79.9. The van der Waals surface area contributed by atoms with E-state index < -0.39 is 0 Å². The van der Waals surface area contributed by atoms with Crippen molar-refractivity contribution in [1.29, 1.82) is 0 Å². The highest BCUT2D eigenvalue weighted by Crippen LogP contribution is 2.30. The Labute approximate surface area is 136 Å². The highest BCUT2D eigenvalue weighted by Gasteiger charge is 2.18. The van der Waals surface area contributed by atoms with Crippen molar-refractivity contribution < 1.29 is 9.13 Å². The van der Waals surface area contributed by atoms with Crippen LogP contribution in [0.3, 0.4) is 0 Å². The first kappa shape index (κ1) is 16.2. The van der Waals surface area contributed by atoms with Crippen molar-refractivity contribution in [2.45, 2.75) is 12.5 Å². The van der Waals surface area contributed by atoms with Crippen molar-refractivity contribution in [2.24, 2.45) is 5.84 Å². The summed E-state index contributed by atoms with van der Waals surface area (Å²) in [5, 5.41) is 0.574. The summed E-state index contributed by atoms with van der Waals surface area (Å²) < 4.78 is 20.1. The number of hydrazine groups is 1. The summed E-state index contributed by atoms with van der Waals surface area (Å²) in [6.07, 6.45) is 0.357. The lowest BCUT2D eigenvalue weighted by atomic mass is 9.99. The molecule has 0 amide bonds. The van der Waals surface area contributed by atoms with Crippen LogP contribution < -0.4 is 16.0 Å². The predicted molar refractivity (Wildman–Crippen MR) is 85.9 cm³/mol. The van der Waals surface area contributed by atoms with E-state index >= 15 is 0 Å². The Morgan fingerprint density at radius 2 is 2.14 bits per heavy atom. The minimum Gasteiger partial charge on any atom is -0.494 e. The number of ether oxygens (including phenoxy) is 1. The third-order valence-corrected chi connectivity index (χ3v) is 4.06. The van der Waals surface area contributed by atoms with E-state index in [4.69, 9.17) is 22.2 Å². The van der Waals surface area contributed by atoms with Gasteiger partial charge in [-0.1, -0.05) is 39.7 Å². The average Bonchev–Trinajstić information content (AvgIpc) is 2.49. The maximum Gasteiger partial charge on any atom is 0.168 e.